The fourth-order valence-corrected chi connectivity index (χ4v) is 7.29. The van der Waals surface area contributed by atoms with Crippen molar-refractivity contribution in [1.82, 2.24) is 24.4 Å². The molecule has 42 heavy (non-hydrogen) atoms. The summed E-state index contributed by atoms with van der Waals surface area (Å²) in [6, 6.07) is 10.3. The number of thiazole rings is 1. The number of nitrogens with two attached hydrogens (primary N) is 1. The standard InChI is InChI=1S/C29H29F3N8S2/c1-17-18(2-3-25-23(17)10-21(13-33)40(25)9-6-20-15-41-28(34)38-20)14-39-7-4-19(5-8-39)37-26-24-11-22(12-29(30,31)32)42-27(24)36-16-35-26/h2-3,10-11,15-16,19H,4-9,12,14H2,1H3,(H2,34,38)(H,35,36,37). The van der Waals surface area contributed by atoms with E-state index in [0.717, 1.165) is 60.4 Å². The molecule has 1 aliphatic rings. The van der Waals surface area contributed by atoms with Crippen LogP contribution >= 0.6 is 22.7 Å². The first-order valence-corrected chi connectivity index (χ1v) is 15.4. The van der Waals surface area contributed by atoms with Gasteiger partial charge in [-0.3, -0.25) is 4.90 Å². The minimum atomic E-state index is -4.25. The maximum atomic E-state index is 12.9. The topological polar surface area (TPSA) is 109 Å². The highest BCUT2D eigenvalue weighted by Crippen LogP contribution is 2.33. The van der Waals surface area contributed by atoms with Crippen LogP contribution in [0.3, 0.4) is 0 Å². The van der Waals surface area contributed by atoms with Gasteiger partial charge in [-0.05, 0) is 49.1 Å². The molecule has 8 nitrogen and oxygen atoms in total. The zero-order chi connectivity index (χ0) is 29.4. The lowest BCUT2D eigenvalue weighted by atomic mass is 10.0. The minimum Gasteiger partial charge on any atom is -0.375 e. The summed E-state index contributed by atoms with van der Waals surface area (Å²) in [5.41, 5.74) is 10.8. The molecule has 1 aromatic carbocycles. The number of nitrogens with zero attached hydrogens (tertiary/aromatic N) is 6. The summed E-state index contributed by atoms with van der Waals surface area (Å²) in [4.78, 5) is 16.1. The van der Waals surface area contributed by atoms with Crippen molar-refractivity contribution in [1.29, 1.82) is 5.26 Å². The Bertz CT molecular complexity index is 1770. The second kappa shape index (κ2) is 11.5. The van der Waals surface area contributed by atoms with Gasteiger partial charge in [0.2, 0.25) is 0 Å². The maximum Gasteiger partial charge on any atom is 0.393 e. The molecule has 5 heterocycles. The van der Waals surface area contributed by atoms with Gasteiger partial charge in [-0.2, -0.15) is 18.4 Å². The monoisotopic (exact) mass is 610 g/mol. The van der Waals surface area contributed by atoms with Gasteiger partial charge in [0.1, 0.15) is 28.7 Å². The first-order valence-electron chi connectivity index (χ1n) is 13.7. The third-order valence-electron chi connectivity index (χ3n) is 7.82. The van der Waals surface area contributed by atoms with E-state index >= 15 is 0 Å². The summed E-state index contributed by atoms with van der Waals surface area (Å²) < 4.78 is 40.7. The number of benzene rings is 1. The molecule has 218 valence electrons. The summed E-state index contributed by atoms with van der Waals surface area (Å²) in [6.45, 7) is 5.35. The summed E-state index contributed by atoms with van der Waals surface area (Å²) >= 11 is 2.49. The number of halogens is 3. The average molecular weight is 611 g/mol. The van der Waals surface area contributed by atoms with Gasteiger partial charge in [0.15, 0.2) is 5.13 Å². The Morgan fingerprint density at radius 1 is 1.17 bits per heavy atom. The maximum absolute atomic E-state index is 12.9. The van der Waals surface area contributed by atoms with Crippen LogP contribution in [0.5, 0.6) is 0 Å². The predicted molar refractivity (Wildman–Crippen MR) is 161 cm³/mol. The number of nitrogens with one attached hydrogen (secondary N) is 1. The Labute approximate surface area is 248 Å². The number of alkyl halides is 3. The highest BCUT2D eigenvalue weighted by Gasteiger charge is 2.29. The number of rotatable bonds is 8. The summed E-state index contributed by atoms with van der Waals surface area (Å²) in [5, 5.41) is 17.5. The van der Waals surface area contributed by atoms with Crippen molar-refractivity contribution in [3.63, 3.8) is 0 Å². The van der Waals surface area contributed by atoms with Crippen molar-refractivity contribution in [2.75, 3.05) is 24.1 Å². The number of anilines is 2. The van der Waals surface area contributed by atoms with E-state index in [1.807, 2.05) is 11.4 Å². The van der Waals surface area contributed by atoms with Crippen LogP contribution in [0, 0.1) is 18.3 Å². The Morgan fingerprint density at radius 2 is 1.98 bits per heavy atom. The minimum absolute atomic E-state index is 0.175. The van der Waals surface area contributed by atoms with Crippen molar-refractivity contribution < 1.29 is 13.2 Å². The smallest absolute Gasteiger partial charge is 0.375 e. The van der Waals surface area contributed by atoms with Crippen LogP contribution in [0.25, 0.3) is 21.1 Å². The van der Waals surface area contributed by atoms with Crippen LogP contribution in [-0.2, 0) is 25.9 Å². The Kier molecular flexibility index (Phi) is 7.78. The van der Waals surface area contributed by atoms with E-state index in [0.29, 0.717) is 39.8 Å². The lowest BCUT2D eigenvalue weighted by Gasteiger charge is -2.33. The number of hydrogen-bond acceptors (Lipinski definition) is 9. The molecule has 13 heteroatoms. The molecule has 0 unspecified atom stereocenters. The van der Waals surface area contributed by atoms with Crippen LogP contribution in [0.4, 0.5) is 24.1 Å². The van der Waals surface area contributed by atoms with Gasteiger partial charge in [0, 0.05) is 59.8 Å². The van der Waals surface area contributed by atoms with E-state index in [1.54, 1.807) is 6.07 Å². The third-order valence-corrected chi connectivity index (χ3v) is 9.59. The van der Waals surface area contributed by atoms with Crippen molar-refractivity contribution in [3.8, 4) is 6.07 Å². The number of nitrogen functional groups attached to an aromatic ring is 1. The van der Waals surface area contributed by atoms with Crippen molar-refractivity contribution >= 4 is 54.7 Å². The second-order valence-electron chi connectivity index (χ2n) is 10.6. The average Bonchev–Trinajstić information content (AvgIpc) is 3.65. The van der Waals surface area contributed by atoms with Gasteiger partial charge in [-0.15, -0.1) is 22.7 Å². The second-order valence-corrected chi connectivity index (χ2v) is 12.6. The molecule has 1 aliphatic heterocycles. The van der Waals surface area contributed by atoms with Crippen LogP contribution in [0.2, 0.25) is 0 Å². The molecule has 0 bridgehead atoms. The molecule has 0 atom stereocenters. The fraction of sp³-hybridized carbons (Fsp3) is 0.379. The number of likely N-dealkylation sites (tertiary alicyclic amines) is 1. The van der Waals surface area contributed by atoms with Crippen LogP contribution < -0.4 is 11.1 Å². The van der Waals surface area contributed by atoms with Gasteiger partial charge >= 0.3 is 6.18 Å². The number of hydrogen-bond donors (Lipinski definition) is 2. The number of aromatic nitrogens is 4. The van der Waals surface area contributed by atoms with Gasteiger partial charge in [0.25, 0.3) is 0 Å². The van der Waals surface area contributed by atoms with Crippen molar-refractivity contribution in [2.24, 2.45) is 0 Å². The van der Waals surface area contributed by atoms with Crippen molar-refractivity contribution in [2.45, 2.75) is 57.9 Å². The zero-order valence-corrected chi connectivity index (χ0v) is 24.5. The summed E-state index contributed by atoms with van der Waals surface area (Å²) in [6.07, 6.45) is -1.31. The third kappa shape index (κ3) is 6.06. The Hall–Kier alpha value is -3.73. The normalized spacial score (nSPS) is 15.0. The number of nitriles is 1. The number of aryl methyl sites for hydroxylation is 3. The Balaban J connectivity index is 1.10. The molecule has 1 saturated heterocycles. The van der Waals surface area contributed by atoms with E-state index in [-0.39, 0.29) is 10.9 Å². The first-order chi connectivity index (χ1) is 20.2. The lowest BCUT2D eigenvalue weighted by molar-refractivity contribution is -0.126. The molecule has 4 aromatic heterocycles. The Morgan fingerprint density at radius 3 is 2.69 bits per heavy atom. The molecule has 6 rings (SSSR count). The highest BCUT2D eigenvalue weighted by molar-refractivity contribution is 7.18. The van der Waals surface area contributed by atoms with E-state index in [4.69, 9.17) is 5.73 Å². The molecule has 0 amide bonds. The van der Waals surface area contributed by atoms with Crippen LogP contribution in [0.15, 0.2) is 36.0 Å². The van der Waals surface area contributed by atoms with E-state index < -0.39 is 12.6 Å². The van der Waals surface area contributed by atoms with E-state index in [9.17, 15) is 18.4 Å². The summed E-state index contributed by atoms with van der Waals surface area (Å²) in [7, 11) is 0. The molecule has 0 saturated carbocycles. The zero-order valence-electron chi connectivity index (χ0n) is 22.9. The molecule has 0 aliphatic carbocycles. The highest BCUT2D eigenvalue weighted by atomic mass is 32.1. The van der Waals surface area contributed by atoms with Gasteiger partial charge in [-0.1, -0.05) is 6.07 Å². The van der Waals surface area contributed by atoms with Crippen LogP contribution in [-0.4, -0.2) is 49.7 Å². The molecular weight excluding hydrogens is 582 g/mol. The number of piperidine rings is 1. The molecular formula is C29H29F3N8S2. The summed E-state index contributed by atoms with van der Waals surface area (Å²) in [5.74, 6) is 0.598. The van der Waals surface area contributed by atoms with E-state index in [2.05, 4.69) is 54.9 Å². The fourth-order valence-electron chi connectivity index (χ4n) is 5.66. The molecule has 0 spiro atoms. The SMILES string of the molecule is Cc1c(CN2CCC(Nc3ncnc4sc(CC(F)(F)F)cc34)CC2)ccc2c1cc(C#N)n2CCc1csc(N)n1. The lowest BCUT2D eigenvalue weighted by Crippen LogP contribution is -2.39. The van der Waals surface area contributed by atoms with Gasteiger partial charge in [-0.25, -0.2) is 15.0 Å². The number of fused-ring (bicyclic) bond motifs is 2. The van der Waals surface area contributed by atoms with E-state index in [1.165, 1.54) is 28.8 Å². The predicted octanol–water partition coefficient (Wildman–Crippen LogP) is 6.29. The van der Waals surface area contributed by atoms with Crippen LogP contribution in [0.1, 0.15) is 40.2 Å². The largest absolute Gasteiger partial charge is 0.393 e. The molecule has 3 N–H and O–H groups in total. The number of thiophene rings is 1. The van der Waals surface area contributed by atoms with Crippen molar-refractivity contribution in [3.05, 3.63) is 63.4 Å². The first kappa shape index (κ1) is 28.4. The molecule has 5 aromatic rings. The van der Waals surface area contributed by atoms with Gasteiger partial charge < -0.3 is 15.6 Å². The van der Waals surface area contributed by atoms with Gasteiger partial charge in [0.05, 0.1) is 17.5 Å². The molecule has 1 fully saturated rings. The molecule has 0 radical (unpaired) electrons. The quantitative estimate of drug-likeness (QED) is 0.213.